The maximum Gasteiger partial charge on any atom is 0.307 e. The number of carboxylic acid groups (broad SMARTS) is 1. The molecule has 0 aliphatic heterocycles. The van der Waals surface area contributed by atoms with Gasteiger partial charge in [0.2, 0.25) is 0 Å². The molecule has 1 aromatic rings. The second-order valence-corrected chi connectivity index (χ2v) is 4.32. The van der Waals surface area contributed by atoms with E-state index in [0.29, 0.717) is 6.42 Å². The van der Waals surface area contributed by atoms with Gasteiger partial charge in [-0.2, -0.15) is 0 Å². The van der Waals surface area contributed by atoms with Crippen LogP contribution < -0.4 is 5.73 Å². The van der Waals surface area contributed by atoms with Crippen LogP contribution in [0.25, 0.3) is 0 Å². The highest BCUT2D eigenvalue weighted by Crippen LogP contribution is 2.23. The minimum Gasteiger partial charge on any atom is -0.481 e. The summed E-state index contributed by atoms with van der Waals surface area (Å²) in [4.78, 5) is 10.9. The van der Waals surface area contributed by atoms with Gasteiger partial charge in [-0.3, -0.25) is 4.79 Å². The summed E-state index contributed by atoms with van der Waals surface area (Å²) in [5.74, 6) is -1.03. The third kappa shape index (κ3) is 3.35. The van der Waals surface area contributed by atoms with Crippen molar-refractivity contribution in [1.82, 2.24) is 0 Å². The Labute approximate surface area is 96.3 Å². The lowest BCUT2D eigenvalue weighted by Crippen LogP contribution is -2.24. The van der Waals surface area contributed by atoms with Crippen LogP contribution in [0, 0.1) is 12.8 Å². The molecule has 1 aromatic carbocycles. The highest BCUT2D eigenvalue weighted by atomic mass is 16.4. The Morgan fingerprint density at radius 1 is 1.50 bits per heavy atom. The molecule has 0 amide bonds. The minimum atomic E-state index is -0.804. The van der Waals surface area contributed by atoms with Crippen LogP contribution in [0.5, 0.6) is 0 Å². The Kier molecular flexibility index (Phi) is 4.50. The van der Waals surface area contributed by atoms with Crippen molar-refractivity contribution in [2.75, 3.05) is 6.54 Å². The first-order chi connectivity index (χ1) is 7.54. The average molecular weight is 221 g/mol. The van der Waals surface area contributed by atoms with Gasteiger partial charge in [0.15, 0.2) is 0 Å². The Balaban J connectivity index is 2.71. The molecule has 0 heterocycles. The fourth-order valence-corrected chi connectivity index (χ4v) is 1.84. The normalized spacial score (nSPS) is 14.4. The van der Waals surface area contributed by atoms with Crippen molar-refractivity contribution in [3.05, 3.63) is 35.4 Å². The van der Waals surface area contributed by atoms with Gasteiger partial charge >= 0.3 is 5.97 Å². The Hall–Kier alpha value is -1.35. The number of carboxylic acids is 1. The number of hydrogen-bond acceptors (Lipinski definition) is 2. The van der Waals surface area contributed by atoms with Crippen LogP contribution in [-0.4, -0.2) is 17.6 Å². The number of nitrogens with two attached hydrogens (primary N) is 1. The van der Waals surface area contributed by atoms with E-state index in [4.69, 9.17) is 10.8 Å². The van der Waals surface area contributed by atoms with E-state index in [9.17, 15) is 4.79 Å². The molecular formula is C13H19NO2. The van der Waals surface area contributed by atoms with E-state index in [1.54, 1.807) is 0 Å². The Morgan fingerprint density at radius 3 is 2.69 bits per heavy atom. The monoisotopic (exact) mass is 221 g/mol. The summed E-state index contributed by atoms with van der Waals surface area (Å²) >= 11 is 0. The van der Waals surface area contributed by atoms with Gasteiger partial charge in [-0.1, -0.05) is 36.8 Å². The predicted molar refractivity (Wildman–Crippen MR) is 64.4 cm³/mol. The molecule has 88 valence electrons. The van der Waals surface area contributed by atoms with Gasteiger partial charge < -0.3 is 10.8 Å². The summed E-state index contributed by atoms with van der Waals surface area (Å²) < 4.78 is 0. The van der Waals surface area contributed by atoms with Crippen molar-refractivity contribution in [3.8, 4) is 0 Å². The molecule has 0 saturated carbocycles. The standard InChI is InChI=1S/C13H19NO2/c1-9-4-3-5-11(6-9)10(2)7-12(8-14)13(15)16/h3-6,10,12H,7-8,14H2,1-2H3,(H,15,16). The number of aryl methyl sites for hydroxylation is 1. The molecule has 0 aliphatic rings. The summed E-state index contributed by atoms with van der Waals surface area (Å²) in [6.07, 6.45) is 0.593. The first-order valence-corrected chi connectivity index (χ1v) is 5.54. The van der Waals surface area contributed by atoms with Gasteiger partial charge in [0.05, 0.1) is 5.92 Å². The van der Waals surface area contributed by atoms with Gasteiger partial charge in [-0.25, -0.2) is 0 Å². The largest absolute Gasteiger partial charge is 0.481 e. The third-order valence-corrected chi connectivity index (χ3v) is 2.88. The van der Waals surface area contributed by atoms with Gasteiger partial charge in [0.1, 0.15) is 0 Å². The van der Waals surface area contributed by atoms with Crippen molar-refractivity contribution in [1.29, 1.82) is 0 Å². The highest BCUT2D eigenvalue weighted by Gasteiger charge is 2.19. The molecule has 0 spiro atoms. The number of aliphatic carboxylic acids is 1. The highest BCUT2D eigenvalue weighted by molar-refractivity contribution is 5.70. The molecule has 1 rings (SSSR count). The number of hydrogen-bond donors (Lipinski definition) is 2. The summed E-state index contributed by atoms with van der Waals surface area (Å²) in [7, 11) is 0. The van der Waals surface area contributed by atoms with Crippen molar-refractivity contribution in [2.24, 2.45) is 11.7 Å². The van der Waals surface area contributed by atoms with Crippen LogP contribution >= 0.6 is 0 Å². The molecule has 3 N–H and O–H groups in total. The van der Waals surface area contributed by atoms with E-state index in [1.807, 2.05) is 32.0 Å². The lowest BCUT2D eigenvalue weighted by Gasteiger charge is -2.16. The molecule has 3 heteroatoms. The van der Waals surface area contributed by atoms with Crippen LogP contribution in [0.15, 0.2) is 24.3 Å². The van der Waals surface area contributed by atoms with Crippen LogP contribution in [0.2, 0.25) is 0 Å². The molecule has 0 aromatic heterocycles. The fraction of sp³-hybridized carbons (Fsp3) is 0.462. The topological polar surface area (TPSA) is 63.3 Å². The van der Waals surface area contributed by atoms with Gasteiger partial charge in [-0.15, -0.1) is 0 Å². The molecule has 0 bridgehead atoms. The molecule has 16 heavy (non-hydrogen) atoms. The summed E-state index contributed by atoms with van der Waals surface area (Å²) in [5.41, 5.74) is 7.83. The van der Waals surface area contributed by atoms with Crippen LogP contribution in [0.1, 0.15) is 30.4 Å². The molecule has 0 fully saturated rings. The zero-order chi connectivity index (χ0) is 12.1. The van der Waals surface area contributed by atoms with Crippen molar-refractivity contribution in [3.63, 3.8) is 0 Å². The maximum absolute atomic E-state index is 10.9. The van der Waals surface area contributed by atoms with Gasteiger partial charge in [0.25, 0.3) is 0 Å². The van der Waals surface area contributed by atoms with Crippen molar-refractivity contribution < 1.29 is 9.90 Å². The van der Waals surface area contributed by atoms with Crippen LogP contribution in [0.3, 0.4) is 0 Å². The molecule has 0 aliphatic carbocycles. The fourth-order valence-electron chi connectivity index (χ4n) is 1.84. The van der Waals surface area contributed by atoms with Crippen molar-refractivity contribution >= 4 is 5.97 Å². The summed E-state index contributed by atoms with van der Waals surface area (Å²) in [5, 5.41) is 8.94. The van der Waals surface area contributed by atoms with Crippen molar-refractivity contribution in [2.45, 2.75) is 26.2 Å². The SMILES string of the molecule is Cc1cccc(C(C)CC(CN)C(=O)O)c1. The predicted octanol–water partition coefficient (Wildman–Crippen LogP) is 2.15. The number of rotatable bonds is 5. The Morgan fingerprint density at radius 2 is 2.19 bits per heavy atom. The first-order valence-electron chi connectivity index (χ1n) is 5.54. The lowest BCUT2D eigenvalue weighted by atomic mass is 9.89. The second-order valence-electron chi connectivity index (χ2n) is 4.32. The second kappa shape index (κ2) is 5.66. The van der Waals surface area contributed by atoms with Gasteiger partial charge in [-0.05, 0) is 24.8 Å². The molecular weight excluding hydrogens is 202 g/mol. The molecule has 2 atom stereocenters. The lowest BCUT2D eigenvalue weighted by molar-refractivity contribution is -0.141. The van der Waals surface area contributed by atoms with E-state index in [1.165, 1.54) is 11.1 Å². The number of carbonyl (C=O) groups is 1. The Bertz CT molecular complexity index is 363. The van der Waals surface area contributed by atoms with Crippen LogP contribution in [-0.2, 0) is 4.79 Å². The quantitative estimate of drug-likeness (QED) is 0.800. The number of benzene rings is 1. The van der Waals surface area contributed by atoms with E-state index < -0.39 is 11.9 Å². The van der Waals surface area contributed by atoms with E-state index in [0.717, 1.165) is 0 Å². The minimum absolute atomic E-state index is 0.200. The summed E-state index contributed by atoms with van der Waals surface area (Å²) in [6, 6.07) is 8.17. The summed E-state index contributed by atoms with van der Waals surface area (Å²) in [6.45, 7) is 4.28. The van der Waals surface area contributed by atoms with E-state index in [2.05, 4.69) is 6.07 Å². The third-order valence-electron chi connectivity index (χ3n) is 2.88. The molecule has 3 nitrogen and oxygen atoms in total. The van der Waals surface area contributed by atoms with E-state index >= 15 is 0 Å². The van der Waals surface area contributed by atoms with Crippen LogP contribution in [0.4, 0.5) is 0 Å². The zero-order valence-electron chi connectivity index (χ0n) is 9.81. The average Bonchev–Trinajstić information content (AvgIpc) is 2.25. The smallest absolute Gasteiger partial charge is 0.307 e. The molecule has 2 unspecified atom stereocenters. The zero-order valence-corrected chi connectivity index (χ0v) is 9.81. The van der Waals surface area contributed by atoms with Gasteiger partial charge in [0, 0.05) is 6.54 Å². The molecule has 0 radical (unpaired) electrons. The molecule has 0 saturated heterocycles. The van der Waals surface area contributed by atoms with E-state index in [-0.39, 0.29) is 12.5 Å². The maximum atomic E-state index is 10.9. The first kappa shape index (κ1) is 12.7.